The Balaban J connectivity index is 2.19. The van der Waals surface area contributed by atoms with Crippen LogP contribution in [0, 0.1) is 0 Å². The largest absolute Gasteiger partial charge is 0.485 e. The zero-order valence-electron chi connectivity index (χ0n) is 9.86. The molecule has 1 aliphatic heterocycles. The third kappa shape index (κ3) is 2.64. The van der Waals surface area contributed by atoms with Gasteiger partial charge in [0, 0.05) is 6.42 Å². The lowest BCUT2D eigenvalue weighted by atomic mass is 10.1. The van der Waals surface area contributed by atoms with E-state index in [9.17, 15) is 9.59 Å². The molecule has 0 aliphatic carbocycles. The maximum Gasteiger partial charge on any atom is 0.190 e. The lowest BCUT2D eigenvalue weighted by Gasteiger charge is -2.25. The Morgan fingerprint density at radius 3 is 2.71 bits per heavy atom. The fourth-order valence-corrected chi connectivity index (χ4v) is 1.71. The third-order valence-electron chi connectivity index (χ3n) is 2.57. The summed E-state index contributed by atoms with van der Waals surface area (Å²) in [6, 6.07) is 5.34. The van der Waals surface area contributed by atoms with Crippen LogP contribution in [0.2, 0.25) is 0 Å². The van der Waals surface area contributed by atoms with Crippen LogP contribution in [0.15, 0.2) is 18.2 Å². The first-order chi connectivity index (χ1) is 8.06. The second kappa shape index (κ2) is 4.57. The van der Waals surface area contributed by atoms with Crippen molar-refractivity contribution in [3.8, 4) is 11.5 Å². The van der Waals surface area contributed by atoms with Gasteiger partial charge in [-0.1, -0.05) is 6.07 Å². The predicted molar refractivity (Wildman–Crippen MR) is 61.4 cm³/mol. The quantitative estimate of drug-likeness (QED) is 0.796. The number of ether oxygens (including phenoxy) is 2. The van der Waals surface area contributed by atoms with Crippen molar-refractivity contribution in [2.24, 2.45) is 0 Å². The van der Waals surface area contributed by atoms with Crippen LogP contribution in [0.4, 0.5) is 0 Å². The summed E-state index contributed by atoms with van der Waals surface area (Å²) in [6.07, 6.45) is -0.145. The molecular formula is C13H14O4. The molecule has 90 valence electrons. The normalized spacial score (nSPS) is 17.6. The molecule has 1 heterocycles. The first-order valence-corrected chi connectivity index (χ1v) is 5.48. The molecule has 0 radical (unpaired) electrons. The number of hydrogen-bond donors (Lipinski definition) is 0. The van der Waals surface area contributed by atoms with Crippen LogP contribution >= 0.6 is 0 Å². The van der Waals surface area contributed by atoms with Gasteiger partial charge in [0.05, 0.1) is 0 Å². The van der Waals surface area contributed by atoms with Gasteiger partial charge in [-0.15, -0.1) is 0 Å². The van der Waals surface area contributed by atoms with Gasteiger partial charge in [-0.05, 0) is 31.5 Å². The van der Waals surface area contributed by atoms with Gasteiger partial charge in [-0.2, -0.15) is 0 Å². The second-order valence-corrected chi connectivity index (χ2v) is 4.19. The van der Waals surface area contributed by atoms with E-state index < -0.39 is 6.10 Å². The van der Waals surface area contributed by atoms with Crippen LogP contribution < -0.4 is 9.47 Å². The third-order valence-corrected chi connectivity index (χ3v) is 2.57. The number of carbonyl (C=O) groups is 2. The van der Waals surface area contributed by atoms with Crippen LogP contribution in [-0.2, 0) is 16.0 Å². The maximum atomic E-state index is 11.2. The molecule has 0 amide bonds. The van der Waals surface area contributed by atoms with Crippen molar-refractivity contribution in [1.29, 1.82) is 0 Å². The highest BCUT2D eigenvalue weighted by Gasteiger charge is 2.24. The van der Waals surface area contributed by atoms with E-state index in [-0.39, 0.29) is 18.2 Å². The zero-order chi connectivity index (χ0) is 12.4. The molecule has 17 heavy (non-hydrogen) atoms. The molecule has 1 atom stereocenters. The van der Waals surface area contributed by atoms with E-state index >= 15 is 0 Å². The molecule has 0 aromatic heterocycles. The fraction of sp³-hybridized carbons (Fsp3) is 0.385. The van der Waals surface area contributed by atoms with Crippen molar-refractivity contribution in [2.45, 2.75) is 26.4 Å². The molecule has 4 nitrogen and oxygen atoms in total. The fourth-order valence-electron chi connectivity index (χ4n) is 1.71. The average Bonchev–Trinajstić information content (AvgIpc) is 2.27. The summed E-state index contributed by atoms with van der Waals surface area (Å²) in [6.45, 7) is 3.25. The Labute approximate surface area is 99.5 Å². The van der Waals surface area contributed by atoms with Gasteiger partial charge >= 0.3 is 0 Å². The number of fused-ring (bicyclic) bond motifs is 1. The van der Waals surface area contributed by atoms with E-state index in [1.165, 1.54) is 6.92 Å². The average molecular weight is 234 g/mol. The Morgan fingerprint density at radius 1 is 1.29 bits per heavy atom. The van der Waals surface area contributed by atoms with Gasteiger partial charge in [-0.3, -0.25) is 9.59 Å². The van der Waals surface area contributed by atoms with E-state index in [0.717, 1.165) is 5.56 Å². The first-order valence-electron chi connectivity index (χ1n) is 5.48. The summed E-state index contributed by atoms with van der Waals surface area (Å²) in [5, 5.41) is 0. The molecule has 1 aromatic rings. The molecule has 1 aromatic carbocycles. The number of ketones is 2. The smallest absolute Gasteiger partial charge is 0.190 e. The van der Waals surface area contributed by atoms with Crippen molar-refractivity contribution in [3.05, 3.63) is 23.8 Å². The molecule has 1 aliphatic rings. The van der Waals surface area contributed by atoms with Crippen LogP contribution in [0.25, 0.3) is 0 Å². The molecule has 2 rings (SSSR count). The lowest BCUT2D eigenvalue weighted by Crippen LogP contribution is -2.35. The molecule has 0 saturated heterocycles. The monoisotopic (exact) mass is 234 g/mol. The summed E-state index contributed by atoms with van der Waals surface area (Å²) < 4.78 is 11.0. The van der Waals surface area contributed by atoms with Crippen LogP contribution in [-0.4, -0.2) is 24.3 Å². The Kier molecular flexibility index (Phi) is 3.13. The summed E-state index contributed by atoms with van der Waals surface area (Å²) >= 11 is 0. The lowest BCUT2D eigenvalue weighted by molar-refractivity contribution is -0.125. The maximum absolute atomic E-state index is 11.2. The van der Waals surface area contributed by atoms with Crippen LogP contribution in [0.1, 0.15) is 19.4 Å². The SMILES string of the molecule is CC(=O)Cc1ccc2c(c1)OC[C@H](C(C)=O)O2. The van der Waals surface area contributed by atoms with Gasteiger partial charge in [0.2, 0.25) is 0 Å². The first kappa shape index (κ1) is 11.6. The Bertz CT molecular complexity index is 464. The van der Waals surface area contributed by atoms with Crippen LogP contribution in [0.3, 0.4) is 0 Å². The Morgan fingerprint density at radius 2 is 2.06 bits per heavy atom. The number of hydrogen-bond acceptors (Lipinski definition) is 4. The summed E-state index contributed by atoms with van der Waals surface area (Å²) in [5.41, 5.74) is 0.890. The minimum absolute atomic E-state index is 0.0523. The highest BCUT2D eigenvalue weighted by atomic mass is 16.6. The molecule has 0 N–H and O–H groups in total. The molecule has 0 bridgehead atoms. The predicted octanol–water partition coefficient (Wildman–Crippen LogP) is 1.55. The number of rotatable bonds is 3. The molecule has 0 fully saturated rings. The minimum Gasteiger partial charge on any atom is -0.485 e. The van der Waals surface area contributed by atoms with Gasteiger partial charge in [0.15, 0.2) is 23.4 Å². The van der Waals surface area contributed by atoms with Crippen molar-refractivity contribution >= 4 is 11.6 Å². The zero-order valence-corrected chi connectivity index (χ0v) is 9.86. The molecular weight excluding hydrogens is 220 g/mol. The van der Waals surface area contributed by atoms with Gasteiger partial charge in [0.25, 0.3) is 0 Å². The number of Topliss-reactive ketones (excluding diaryl/α,β-unsaturated/α-hetero) is 2. The Hall–Kier alpha value is -1.84. The van der Waals surface area contributed by atoms with E-state index in [4.69, 9.17) is 9.47 Å². The highest BCUT2D eigenvalue weighted by Crippen LogP contribution is 2.32. The van der Waals surface area contributed by atoms with E-state index in [2.05, 4.69) is 0 Å². The number of carbonyl (C=O) groups excluding carboxylic acids is 2. The van der Waals surface area contributed by atoms with E-state index in [1.807, 2.05) is 6.07 Å². The highest BCUT2D eigenvalue weighted by molar-refractivity contribution is 5.81. The van der Waals surface area contributed by atoms with Crippen molar-refractivity contribution in [2.75, 3.05) is 6.61 Å². The number of benzene rings is 1. The van der Waals surface area contributed by atoms with Gasteiger partial charge in [0.1, 0.15) is 12.4 Å². The molecule has 4 heteroatoms. The summed E-state index contributed by atoms with van der Waals surface area (Å²) in [4.78, 5) is 22.2. The van der Waals surface area contributed by atoms with E-state index in [0.29, 0.717) is 17.9 Å². The van der Waals surface area contributed by atoms with Crippen molar-refractivity contribution < 1.29 is 19.1 Å². The molecule has 0 saturated carbocycles. The topological polar surface area (TPSA) is 52.6 Å². The van der Waals surface area contributed by atoms with Crippen LogP contribution in [0.5, 0.6) is 11.5 Å². The van der Waals surface area contributed by atoms with E-state index in [1.54, 1.807) is 19.1 Å². The van der Waals surface area contributed by atoms with Gasteiger partial charge in [-0.25, -0.2) is 0 Å². The summed E-state index contributed by atoms with van der Waals surface area (Å²) in [5.74, 6) is 1.21. The second-order valence-electron chi connectivity index (χ2n) is 4.19. The minimum atomic E-state index is -0.527. The molecule has 0 spiro atoms. The van der Waals surface area contributed by atoms with Crippen molar-refractivity contribution in [3.63, 3.8) is 0 Å². The van der Waals surface area contributed by atoms with Crippen molar-refractivity contribution in [1.82, 2.24) is 0 Å². The standard InChI is InChI=1S/C13H14O4/c1-8(14)5-10-3-4-11-12(6-10)16-7-13(17-11)9(2)15/h3-4,6,13H,5,7H2,1-2H3/t13-/m1/s1. The summed E-state index contributed by atoms with van der Waals surface area (Å²) in [7, 11) is 0. The molecule has 0 unspecified atom stereocenters. The van der Waals surface area contributed by atoms with Gasteiger partial charge < -0.3 is 9.47 Å².